The smallest absolute Gasteiger partial charge is 0.318 e. The molecule has 172 valence electrons. The van der Waals surface area contributed by atoms with Crippen LogP contribution in [0.3, 0.4) is 0 Å². The zero-order valence-corrected chi connectivity index (χ0v) is 19.2. The highest BCUT2D eigenvalue weighted by Gasteiger charge is 2.19. The van der Waals surface area contributed by atoms with Crippen molar-refractivity contribution in [3.05, 3.63) is 80.8 Å². The highest BCUT2D eigenvalue weighted by molar-refractivity contribution is 5.80. The maximum atomic E-state index is 13.0. The molecule has 0 saturated heterocycles. The Morgan fingerprint density at radius 2 is 1.71 bits per heavy atom. The second kappa shape index (κ2) is 8.54. The fourth-order valence-corrected chi connectivity index (χ4v) is 4.26. The SMILES string of the molecule is CCCn1c(=O)n(C)c(=O)c2c1nc(C)n2Cc1ccc(-c2ccccc2-c2nn[nH]n2)cc1. The van der Waals surface area contributed by atoms with Crippen molar-refractivity contribution in [2.45, 2.75) is 33.4 Å². The van der Waals surface area contributed by atoms with Crippen LogP contribution in [-0.4, -0.2) is 39.3 Å². The van der Waals surface area contributed by atoms with Crippen molar-refractivity contribution in [1.82, 2.24) is 39.3 Å². The molecule has 5 rings (SSSR count). The van der Waals surface area contributed by atoms with Gasteiger partial charge in [0.1, 0.15) is 5.82 Å². The van der Waals surface area contributed by atoms with E-state index in [0.717, 1.165) is 33.2 Å². The lowest BCUT2D eigenvalue weighted by Crippen LogP contribution is -2.38. The van der Waals surface area contributed by atoms with E-state index in [0.29, 0.717) is 35.9 Å². The maximum absolute atomic E-state index is 13.0. The monoisotopic (exact) mass is 456 g/mol. The van der Waals surface area contributed by atoms with Gasteiger partial charge in [0.05, 0.1) is 0 Å². The van der Waals surface area contributed by atoms with Crippen molar-refractivity contribution in [3.63, 3.8) is 0 Å². The number of nitrogens with one attached hydrogen (secondary N) is 1. The number of tetrazole rings is 1. The van der Waals surface area contributed by atoms with E-state index in [4.69, 9.17) is 0 Å². The number of aryl methyl sites for hydroxylation is 2. The summed E-state index contributed by atoms with van der Waals surface area (Å²) < 4.78 is 4.62. The average Bonchev–Trinajstić information content (AvgIpc) is 3.50. The normalized spacial score (nSPS) is 11.4. The van der Waals surface area contributed by atoms with Crippen LogP contribution >= 0.6 is 0 Å². The Morgan fingerprint density at radius 3 is 2.38 bits per heavy atom. The zero-order valence-electron chi connectivity index (χ0n) is 19.2. The lowest BCUT2D eigenvalue weighted by atomic mass is 9.98. The lowest BCUT2D eigenvalue weighted by molar-refractivity contribution is 0.609. The number of benzene rings is 2. The minimum atomic E-state index is -0.339. The molecule has 0 bridgehead atoms. The van der Waals surface area contributed by atoms with Crippen molar-refractivity contribution < 1.29 is 0 Å². The van der Waals surface area contributed by atoms with Crippen LogP contribution in [0.15, 0.2) is 58.1 Å². The van der Waals surface area contributed by atoms with Crippen LogP contribution in [0.1, 0.15) is 24.7 Å². The molecule has 34 heavy (non-hydrogen) atoms. The third-order valence-corrected chi connectivity index (χ3v) is 5.99. The molecule has 5 aromatic rings. The molecule has 0 aliphatic rings. The van der Waals surface area contributed by atoms with E-state index in [-0.39, 0.29) is 11.2 Å². The van der Waals surface area contributed by atoms with Crippen molar-refractivity contribution in [2.24, 2.45) is 7.05 Å². The first-order valence-electron chi connectivity index (χ1n) is 11.1. The molecule has 1 N–H and O–H groups in total. The molecule has 0 amide bonds. The van der Waals surface area contributed by atoms with Gasteiger partial charge in [-0.15, -0.1) is 10.2 Å². The van der Waals surface area contributed by atoms with Gasteiger partial charge in [0.15, 0.2) is 11.2 Å². The van der Waals surface area contributed by atoms with Crippen molar-refractivity contribution in [3.8, 4) is 22.5 Å². The predicted molar refractivity (Wildman–Crippen MR) is 128 cm³/mol. The summed E-state index contributed by atoms with van der Waals surface area (Å²) in [7, 11) is 1.51. The molecule has 0 spiro atoms. The molecule has 2 aromatic carbocycles. The maximum Gasteiger partial charge on any atom is 0.332 e. The van der Waals surface area contributed by atoms with Gasteiger partial charge in [-0.25, -0.2) is 9.78 Å². The number of hydrogen-bond acceptors (Lipinski definition) is 6. The first-order chi connectivity index (χ1) is 16.5. The molecule has 10 heteroatoms. The topological polar surface area (TPSA) is 116 Å². The third kappa shape index (κ3) is 3.53. The average molecular weight is 457 g/mol. The molecule has 0 radical (unpaired) electrons. The van der Waals surface area contributed by atoms with Gasteiger partial charge in [-0.05, 0) is 35.2 Å². The van der Waals surface area contributed by atoms with Crippen LogP contribution in [0.25, 0.3) is 33.7 Å². The molecule has 0 fully saturated rings. The Balaban J connectivity index is 1.54. The second-order valence-corrected chi connectivity index (χ2v) is 8.19. The Kier molecular flexibility index (Phi) is 5.40. The summed E-state index contributed by atoms with van der Waals surface area (Å²) in [6.45, 7) is 4.82. The van der Waals surface area contributed by atoms with Gasteiger partial charge in [0, 0.05) is 25.7 Å². The highest BCUT2D eigenvalue weighted by Crippen LogP contribution is 2.30. The molecular weight excluding hydrogens is 432 g/mol. The minimum absolute atomic E-state index is 0.335. The summed E-state index contributed by atoms with van der Waals surface area (Å²) in [6.07, 6.45) is 0.770. The number of imidazole rings is 1. The van der Waals surface area contributed by atoms with Gasteiger partial charge in [-0.1, -0.05) is 55.5 Å². The number of rotatable bonds is 6. The molecule has 0 unspecified atom stereocenters. The summed E-state index contributed by atoms with van der Waals surface area (Å²) in [5, 5.41) is 14.4. The van der Waals surface area contributed by atoms with E-state index in [1.165, 1.54) is 7.05 Å². The number of nitrogens with zero attached hydrogens (tertiary/aromatic N) is 7. The highest BCUT2D eigenvalue weighted by atomic mass is 16.2. The lowest BCUT2D eigenvalue weighted by Gasteiger charge is -2.11. The fraction of sp³-hybridized carbons (Fsp3) is 0.250. The van der Waals surface area contributed by atoms with Crippen molar-refractivity contribution in [2.75, 3.05) is 0 Å². The predicted octanol–water partition coefficient (Wildman–Crippen LogP) is 2.51. The first kappa shape index (κ1) is 21.5. The quantitative estimate of drug-likeness (QED) is 0.420. The molecular formula is C24H24N8O2. The Morgan fingerprint density at radius 1 is 0.971 bits per heavy atom. The van der Waals surface area contributed by atoms with E-state index in [1.807, 2.05) is 66.9 Å². The Hall–Kier alpha value is -4.34. The molecule has 10 nitrogen and oxygen atoms in total. The van der Waals surface area contributed by atoms with Gasteiger partial charge >= 0.3 is 5.69 Å². The Labute approximate surface area is 194 Å². The number of aromatic nitrogens is 8. The first-order valence-corrected chi connectivity index (χ1v) is 11.1. The summed E-state index contributed by atoms with van der Waals surface area (Å²) >= 11 is 0. The number of fused-ring (bicyclic) bond motifs is 1. The van der Waals surface area contributed by atoms with Gasteiger partial charge in [-0.2, -0.15) is 5.21 Å². The molecule has 0 atom stereocenters. The number of hydrogen-bond donors (Lipinski definition) is 1. The molecule has 0 aliphatic carbocycles. The van der Waals surface area contributed by atoms with E-state index in [2.05, 4.69) is 25.6 Å². The Bertz CT molecular complexity index is 1590. The van der Waals surface area contributed by atoms with Gasteiger partial charge < -0.3 is 4.57 Å². The third-order valence-electron chi connectivity index (χ3n) is 5.99. The summed E-state index contributed by atoms with van der Waals surface area (Å²) in [5.41, 5.74) is 4.13. The standard InChI is InChI=1S/C24H24N8O2/c1-4-13-31-22-20(23(33)30(3)24(31)34)32(15(2)25-22)14-16-9-11-17(12-10-16)18-7-5-6-8-19(18)21-26-28-29-27-21/h5-12H,4,13-14H2,1-3H3,(H,26,27,28,29). The molecule has 3 heterocycles. The van der Waals surface area contributed by atoms with E-state index < -0.39 is 0 Å². The van der Waals surface area contributed by atoms with Crippen molar-refractivity contribution >= 4 is 11.2 Å². The molecule has 3 aromatic heterocycles. The fourth-order valence-electron chi connectivity index (χ4n) is 4.26. The van der Waals surface area contributed by atoms with E-state index >= 15 is 0 Å². The van der Waals surface area contributed by atoms with Crippen LogP contribution < -0.4 is 11.2 Å². The van der Waals surface area contributed by atoms with Gasteiger partial charge in [0.25, 0.3) is 5.56 Å². The van der Waals surface area contributed by atoms with Crippen molar-refractivity contribution in [1.29, 1.82) is 0 Å². The number of aromatic amines is 1. The van der Waals surface area contributed by atoms with E-state index in [1.54, 1.807) is 4.57 Å². The summed E-state index contributed by atoms with van der Waals surface area (Å²) in [6, 6.07) is 16.0. The van der Waals surface area contributed by atoms with Crippen LogP contribution in [0.2, 0.25) is 0 Å². The van der Waals surface area contributed by atoms with Gasteiger partial charge in [0.2, 0.25) is 5.82 Å². The zero-order chi connectivity index (χ0) is 23.8. The summed E-state index contributed by atoms with van der Waals surface area (Å²) in [5.74, 6) is 1.23. The van der Waals surface area contributed by atoms with Crippen LogP contribution in [0.4, 0.5) is 0 Å². The minimum Gasteiger partial charge on any atom is -0.318 e. The van der Waals surface area contributed by atoms with Crippen LogP contribution in [-0.2, 0) is 20.1 Å². The van der Waals surface area contributed by atoms with E-state index in [9.17, 15) is 9.59 Å². The molecule has 0 saturated carbocycles. The summed E-state index contributed by atoms with van der Waals surface area (Å²) in [4.78, 5) is 30.2. The van der Waals surface area contributed by atoms with Gasteiger partial charge in [-0.3, -0.25) is 13.9 Å². The second-order valence-electron chi connectivity index (χ2n) is 8.19. The largest absolute Gasteiger partial charge is 0.332 e. The number of H-pyrrole nitrogens is 1. The van der Waals surface area contributed by atoms with Crippen LogP contribution in [0, 0.1) is 6.92 Å². The molecule has 0 aliphatic heterocycles. The van der Waals surface area contributed by atoms with Crippen LogP contribution in [0.5, 0.6) is 0 Å².